The molecule has 2 rings (SSSR count). The van der Waals surface area contributed by atoms with E-state index < -0.39 is 15.8 Å². The standard InChI is InChI=1S/C14H19N3O3S2/c1-9-5-10(2)7-12(6-9)15-14(21)17-16-13(18)11-3-4-22(19,20)8-11/h5-7,11H,3-4,8H2,1-2H3,(H,16,18)(H2,15,17,21)/t11-/m0/s1. The van der Waals surface area contributed by atoms with Crippen LogP contribution in [0, 0.1) is 19.8 Å². The number of anilines is 1. The van der Waals surface area contributed by atoms with Crippen molar-refractivity contribution in [3.8, 4) is 0 Å². The minimum absolute atomic E-state index is 0.0658. The zero-order chi connectivity index (χ0) is 16.3. The fourth-order valence-electron chi connectivity index (χ4n) is 2.43. The van der Waals surface area contributed by atoms with Crippen LogP contribution in [0.4, 0.5) is 5.69 Å². The molecule has 1 atom stereocenters. The molecule has 0 aliphatic carbocycles. The van der Waals surface area contributed by atoms with Gasteiger partial charge < -0.3 is 5.32 Å². The molecule has 22 heavy (non-hydrogen) atoms. The number of carbonyl (C=O) groups is 1. The van der Waals surface area contributed by atoms with Gasteiger partial charge in [0.1, 0.15) is 0 Å². The molecule has 8 heteroatoms. The molecule has 1 aliphatic heterocycles. The predicted octanol–water partition coefficient (Wildman–Crippen LogP) is 1.06. The molecule has 1 aromatic carbocycles. The van der Waals surface area contributed by atoms with E-state index in [-0.39, 0.29) is 22.5 Å². The Morgan fingerprint density at radius 2 is 1.82 bits per heavy atom. The van der Waals surface area contributed by atoms with Gasteiger partial charge >= 0.3 is 0 Å². The van der Waals surface area contributed by atoms with Gasteiger partial charge in [0, 0.05) is 5.69 Å². The molecule has 0 saturated carbocycles. The van der Waals surface area contributed by atoms with Crippen molar-refractivity contribution in [3.05, 3.63) is 29.3 Å². The number of rotatable bonds is 2. The van der Waals surface area contributed by atoms with Crippen molar-refractivity contribution in [2.45, 2.75) is 20.3 Å². The van der Waals surface area contributed by atoms with Crippen LogP contribution in [-0.4, -0.2) is 30.9 Å². The highest BCUT2D eigenvalue weighted by Crippen LogP contribution is 2.18. The van der Waals surface area contributed by atoms with Crippen LogP contribution >= 0.6 is 12.2 Å². The number of amides is 1. The molecular formula is C14H19N3O3S2. The predicted molar refractivity (Wildman–Crippen MR) is 90.2 cm³/mol. The highest BCUT2D eigenvalue weighted by molar-refractivity contribution is 7.91. The molecule has 1 fully saturated rings. The average molecular weight is 341 g/mol. The lowest BCUT2D eigenvalue weighted by Crippen LogP contribution is -2.46. The van der Waals surface area contributed by atoms with Crippen LogP contribution in [0.15, 0.2) is 18.2 Å². The molecule has 1 aliphatic rings. The van der Waals surface area contributed by atoms with Gasteiger partial charge in [0.05, 0.1) is 17.4 Å². The summed E-state index contributed by atoms with van der Waals surface area (Å²) in [7, 11) is -3.07. The largest absolute Gasteiger partial charge is 0.331 e. The number of hydrogen-bond donors (Lipinski definition) is 3. The smallest absolute Gasteiger partial charge is 0.242 e. The highest BCUT2D eigenvalue weighted by atomic mass is 32.2. The number of carbonyl (C=O) groups excluding carboxylic acids is 1. The van der Waals surface area contributed by atoms with Crippen molar-refractivity contribution < 1.29 is 13.2 Å². The second-order valence-electron chi connectivity index (χ2n) is 5.54. The van der Waals surface area contributed by atoms with Gasteiger partial charge in [0.2, 0.25) is 5.91 Å². The van der Waals surface area contributed by atoms with E-state index in [2.05, 4.69) is 16.2 Å². The van der Waals surface area contributed by atoms with E-state index in [1.807, 2.05) is 32.0 Å². The lowest BCUT2D eigenvalue weighted by atomic mass is 10.1. The molecule has 0 spiro atoms. The Balaban J connectivity index is 1.84. The maximum atomic E-state index is 11.9. The average Bonchev–Trinajstić information content (AvgIpc) is 2.75. The summed E-state index contributed by atoms with van der Waals surface area (Å²) in [5.74, 6) is -0.902. The Hall–Kier alpha value is -1.67. The highest BCUT2D eigenvalue weighted by Gasteiger charge is 2.32. The Morgan fingerprint density at radius 1 is 1.18 bits per heavy atom. The molecule has 1 amide bonds. The van der Waals surface area contributed by atoms with E-state index in [0.717, 1.165) is 16.8 Å². The van der Waals surface area contributed by atoms with Gasteiger partial charge in [-0.25, -0.2) is 8.42 Å². The van der Waals surface area contributed by atoms with Gasteiger partial charge in [-0.2, -0.15) is 0 Å². The first-order valence-electron chi connectivity index (χ1n) is 6.91. The summed E-state index contributed by atoms with van der Waals surface area (Å²) in [5, 5.41) is 3.22. The first-order valence-corrected chi connectivity index (χ1v) is 9.14. The molecule has 0 bridgehead atoms. The summed E-state index contributed by atoms with van der Waals surface area (Å²) in [6.07, 6.45) is 0.354. The summed E-state index contributed by atoms with van der Waals surface area (Å²) in [4.78, 5) is 11.9. The Bertz CT molecular complexity index is 681. The van der Waals surface area contributed by atoms with Crippen LogP contribution in [0.25, 0.3) is 0 Å². The van der Waals surface area contributed by atoms with E-state index >= 15 is 0 Å². The molecule has 3 N–H and O–H groups in total. The molecular weight excluding hydrogens is 322 g/mol. The second kappa shape index (κ2) is 6.62. The molecule has 1 saturated heterocycles. The number of sulfone groups is 1. The van der Waals surface area contributed by atoms with Crippen LogP contribution in [0.2, 0.25) is 0 Å². The van der Waals surface area contributed by atoms with Gasteiger partial charge in [0.15, 0.2) is 14.9 Å². The third kappa shape index (κ3) is 4.67. The fourth-order valence-corrected chi connectivity index (χ4v) is 4.34. The fraction of sp³-hybridized carbons (Fsp3) is 0.429. The molecule has 1 aromatic rings. The molecule has 1 heterocycles. The minimum atomic E-state index is -3.07. The second-order valence-corrected chi connectivity index (χ2v) is 8.18. The van der Waals surface area contributed by atoms with Gasteiger partial charge in [-0.1, -0.05) is 6.07 Å². The third-order valence-corrected chi connectivity index (χ3v) is 5.35. The first-order chi connectivity index (χ1) is 10.2. The number of thiocarbonyl (C=S) groups is 1. The van der Waals surface area contributed by atoms with Crippen molar-refractivity contribution in [2.75, 3.05) is 16.8 Å². The maximum Gasteiger partial charge on any atom is 0.242 e. The summed E-state index contributed by atoms with van der Waals surface area (Å²) >= 11 is 5.11. The summed E-state index contributed by atoms with van der Waals surface area (Å²) < 4.78 is 22.7. The summed E-state index contributed by atoms with van der Waals surface area (Å²) in [6, 6.07) is 5.92. The zero-order valence-corrected chi connectivity index (χ0v) is 14.1. The number of nitrogens with one attached hydrogen (secondary N) is 3. The topological polar surface area (TPSA) is 87.3 Å². The number of hydrogen-bond acceptors (Lipinski definition) is 4. The van der Waals surface area contributed by atoms with Crippen LogP contribution in [0.3, 0.4) is 0 Å². The normalized spacial score (nSPS) is 19.5. The van der Waals surface area contributed by atoms with Crippen molar-refractivity contribution >= 4 is 38.8 Å². The monoisotopic (exact) mass is 341 g/mol. The van der Waals surface area contributed by atoms with Crippen LogP contribution < -0.4 is 16.2 Å². The Labute approximate surface area is 135 Å². The van der Waals surface area contributed by atoms with E-state index in [1.165, 1.54) is 0 Å². The molecule has 6 nitrogen and oxygen atoms in total. The van der Waals surface area contributed by atoms with Crippen molar-refractivity contribution in [2.24, 2.45) is 5.92 Å². The quantitative estimate of drug-likeness (QED) is 0.551. The third-order valence-electron chi connectivity index (χ3n) is 3.38. The SMILES string of the molecule is Cc1cc(C)cc(NC(=S)NNC(=O)[C@H]2CCS(=O)(=O)C2)c1. The van der Waals surface area contributed by atoms with Crippen LogP contribution in [0.5, 0.6) is 0 Å². The minimum Gasteiger partial charge on any atom is -0.331 e. The molecule has 0 radical (unpaired) electrons. The van der Waals surface area contributed by atoms with Gasteiger partial charge in [-0.3, -0.25) is 15.6 Å². The van der Waals surface area contributed by atoms with Gasteiger partial charge in [-0.15, -0.1) is 0 Å². The van der Waals surface area contributed by atoms with Gasteiger partial charge in [-0.05, 0) is 55.7 Å². The Morgan fingerprint density at radius 3 is 2.36 bits per heavy atom. The van der Waals surface area contributed by atoms with Crippen LogP contribution in [0.1, 0.15) is 17.5 Å². The molecule has 120 valence electrons. The lowest BCUT2D eigenvalue weighted by Gasteiger charge is -2.14. The van der Waals surface area contributed by atoms with Crippen molar-refractivity contribution in [1.29, 1.82) is 0 Å². The van der Waals surface area contributed by atoms with Crippen molar-refractivity contribution in [1.82, 2.24) is 10.9 Å². The first kappa shape index (κ1) is 16.7. The van der Waals surface area contributed by atoms with E-state index in [4.69, 9.17) is 12.2 Å². The summed E-state index contributed by atoms with van der Waals surface area (Å²) in [5.41, 5.74) is 8.09. The number of aryl methyl sites for hydroxylation is 2. The van der Waals surface area contributed by atoms with Crippen LogP contribution in [-0.2, 0) is 14.6 Å². The molecule has 0 unspecified atom stereocenters. The van der Waals surface area contributed by atoms with E-state index in [9.17, 15) is 13.2 Å². The number of benzene rings is 1. The van der Waals surface area contributed by atoms with E-state index in [0.29, 0.717) is 6.42 Å². The number of hydrazine groups is 1. The molecule has 0 aromatic heterocycles. The van der Waals surface area contributed by atoms with E-state index in [1.54, 1.807) is 0 Å². The lowest BCUT2D eigenvalue weighted by molar-refractivity contribution is -0.124. The van der Waals surface area contributed by atoms with Gasteiger partial charge in [0.25, 0.3) is 0 Å². The maximum absolute atomic E-state index is 11.9. The Kier molecular flexibility index (Phi) is 5.02. The zero-order valence-electron chi connectivity index (χ0n) is 12.5. The summed E-state index contributed by atoms with van der Waals surface area (Å²) in [6.45, 7) is 3.97. The van der Waals surface area contributed by atoms with Crippen molar-refractivity contribution in [3.63, 3.8) is 0 Å².